The molecule has 6 nitrogen and oxygen atoms in total. The second-order valence-corrected chi connectivity index (χ2v) is 6.16. The van der Waals surface area contributed by atoms with Crippen molar-refractivity contribution < 1.29 is 8.42 Å². The van der Waals surface area contributed by atoms with Gasteiger partial charge in [0, 0.05) is 5.69 Å². The fraction of sp³-hybridized carbons (Fsp3) is 0.214. The molecule has 0 spiro atoms. The van der Waals surface area contributed by atoms with Gasteiger partial charge in [0.25, 0.3) is 0 Å². The van der Waals surface area contributed by atoms with Crippen molar-refractivity contribution in [3.8, 4) is 18.2 Å². The highest BCUT2D eigenvalue weighted by Gasteiger charge is 2.13. The van der Waals surface area contributed by atoms with Crippen molar-refractivity contribution in [3.05, 3.63) is 35.5 Å². The van der Waals surface area contributed by atoms with E-state index >= 15 is 0 Å². The van der Waals surface area contributed by atoms with E-state index in [1.54, 1.807) is 25.1 Å². The minimum atomic E-state index is -3.30. The molecule has 0 amide bonds. The van der Waals surface area contributed by atoms with Gasteiger partial charge >= 0.3 is 0 Å². The second-order valence-electron chi connectivity index (χ2n) is 4.05. The third kappa shape index (κ3) is 4.07. The minimum absolute atomic E-state index is 0.0656. The van der Waals surface area contributed by atoms with Gasteiger partial charge in [-0.2, -0.15) is 15.8 Å². The quantitative estimate of drug-likeness (QED) is 0.832. The maximum Gasteiger partial charge on any atom is 0.178 e. The molecule has 1 aromatic rings. The van der Waals surface area contributed by atoms with Crippen molar-refractivity contribution in [1.82, 2.24) is 0 Å². The van der Waals surface area contributed by atoms with Crippen LogP contribution in [-0.2, 0) is 9.84 Å². The number of hydrogen-bond donors (Lipinski definition) is 1. The van der Waals surface area contributed by atoms with Gasteiger partial charge in [-0.05, 0) is 30.7 Å². The summed E-state index contributed by atoms with van der Waals surface area (Å²) in [5.74, 6) is 0.0656. The van der Waals surface area contributed by atoms with Crippen LogP contribution in [0.3, 0.4) is 0 Å². The molecule has 0 fully saturated rings. The molecular weight excluding hydrogens is 288 g/mol. The highest BCUT2D eigenvalue weighted by atomic mass is 32.2. The van der Waals surface area contributed by atoms with Crippen LogP contribution < -0.4 is 5.32 Å². The summed E-state index contributed by atoms with van der Waals surface area (Å²) in [4.78, 5) is 0.193. The van der Waals surface area contributed by atoms with Crippen LogP contribution in [0.1, 0.15) is 13.3 Å². The predicted octanol–water partition coefficient (Wildman–Crippen LogP) is 2.11. The SMILES string of the molecule is CCCS(=O)(=O)c1ccc(NC(C#N)=C(C#N)C#N)cc1. The molecule has 0 unspecified atom stereocenters. The third-order valence-corrected chi connectivity index (χ3v) is 4.48. The Morgan fingerprint density at radius 3 is 2.10 bits per heavy atom. The van der Waals surface area contributed by atoms with Crippen molar-refractivity contribution >= 4 is 15.5 Å². The van der Waals surface area contributed by atoms with E-state index in [1.165, 1.54) is 24.3 Å². The molecule has 0 radical (unpaired) electrons. The number of anilines is 1. The summed E-state index contributed by atoms with van der Waals surface area (Å²) in [6.45, 7) is 1.78. The van der Waals surface area contributed by atoms with Gasteiger partial charge in [0.05, 0.1) is 10.6 Å². The number of sulfone groups is 1. The molecule has 0 saturated carbocycles. The Kier molecular flexibility index (Phi) is 5.48. The van der Waals surface area contributed by atoms with Gasteiger partial charge in [-0.1, -0.05) is 6.92 Å². The lowest BCUT2D eigenvalue weighted by Gasteiger charge is -2.06. The number of nitriles is 3. The van der Waals surface area contributed by atoms with E-state index in [-0.39, 0.29) is 21.9 Å². The molecule has 0 atom stereocenters. The van der Waals surface area contributed by atoms with Crippen molar-refractivity contribution in [1.29, 1.82) is 15.8 Å². The molecule has 106 valence electrons. The average Bonchev–Trinajstić information content (AvgIpc) is 2.47. The van der Waals surface area contributed by atoms with Crippen molar-refractivity contribution in [2.75, 3.05) is 11.1 Å². The number of nitrogens with zero attached hydrogens (tertiary/aromatic N) is 3. The van der Waals surface area contributed by atoms with Gasteiger partial charge in [0.15, 0.2) is 15.4 Å². The van der Waals surface area contributed by atoms with Crippen LogP contribution in [0.15, 0.2) is 40.4 Å². The van der Waals surface area contributed by atoms with Gasteiger partial charge in [-0.15, -0.1) is 0 Å². The molecule has 1 aromatic carbocycles. The molecular formula is C14H12N4O2S. The van der Waals surface area contributed by atoms with Crippen LogP contribution in [0.25, 0.3) is 0 Å². The lowest BCUT2D eigenvalue weighted by atomic mass is 10.2. The molecule has 1 N–H and O–H groups in total. The van der Waals surface area contributed by atoms with Crippen molar-refractivity contribution in [2.45, 2.75) is 18.2 Å². The van der Waals surface area contributed by atoms with Crippen LogP contribution >= 0.6 is 0 Å². The topological polar surface area (TPSA) is 118 Å². The first-order valence-electron chi connectivity index (χ1n) is 6.03. The Morgan fingerprint density at radius 2 is 1.67 bits per heavy atom. The highest BCUT2D eigenvalue weighted by molar-refractivity contribution is 7.91. The smallest absolute Gasteiger partial charge is 0.178 e. The van der Waals surface area contributed by atoms with E-state index in [9.17, 15) is 8.42 Å². The normalized spacial score (nSPS) is 9.81. The zero-order valence-corrected chi connectivity index (χ0v) is 12.1. The summed E-state index contributed by atoms with van der Waals surface area (Å²) in [6, 6.07) is 10.7. The van der Waals surface area contributed by atoms with Gasteiger partial charge < -0.3 is 5.32 Å². The largest absolute Gasteiger partial charge is 0.345 e. The van der Waals surface area contributed by atoms with Gasteiger partial charge in [-0.3, -0.25) is 0 Å². The van der Waals surface area contributed by atoms with Crippen molar-refractivity contribution in [3.63, 3.8) is 0 Å². The van der Waals surface area contributed by atoms with Crippen LogP contribution in [0.5, 0.6) is 0 Å². The molecule has 0 aromatic heterocycles. The molecule has 0 aliphatic heterocycles. The van der Waals surface area contributed by atoms with E-state index in [4.69, 9.17) is 15.8 Å². The second kappa shape index (κ2) is 7.09. The van der Waals surface area contributed by atoms with E-state index in [1.807, 2.05) is 0 Å². The van der Waals surface area contributed by atoms with E-state index < -0.39 is 9.84 Å². The number of benzene rings is 1. The molecule has 0 aliphatic rings. The van der Waals surface area contributed by atoms with Crippen LogP contribution in [0.4, 0.5) is 5.69 Å². The lowest BCUT2D eigenvalue weighted by molar-refractivity contribution is 0.595. The summed E-state index contributed by atoms with van der Waals surface area (Å²) in [5, 5.41) is 29.0. The first-order chi connectivity index (χ1) is 9.98. The maximum atomic E-state index is 11.9. The Balaban J connectivity index is 3.06. The van der Waals surface area contributed by atoms with Crippen LogP contribution in [0.2, 0.25) is 0 Å². The highest BCUT2D eigenvalue weighted by Crippen LogP contribution is 2.18. The summed E-state index contributed by atoms with van der Waals surface area (Å²) < 4.78 is 23.7. The molecule has 7 heteroatoms. The third-order valence-electron chi connectivity index (χ3n) is 2.54. The van der Waals surface area contributed by atoms with Crippen LogP contribution in [0, 0.1) is 34.0 Å². The molecule has 0 saturated heterocycles. The van der Waals surface area contributed by atoms with Gasteiger partial charge in [0.2, 0.25) is 0 Å². The van der Waals surface area contributed by atoms with E-state index in [0.29, 0.717) is 12.1 Å². The monoisotopic (exact) mass is 300 g/mol. The summed E-state index contributed by atoms with van der Waals surface area (Å²) >= 11 is 0. The van der Waals surface area contributed by atoms with E-state index in [0.717, 1.165) is 0 Å². The molecule has 0 aliphatic carbocycles. The Hall–Kier alpha value is -2.82. The Bertz CT molecular complexity index is 756. The summed E-state index contributed by atoms with van der Waals surface area (Å²) in [7, 11) is -3.30. The zero-order chi connectivity index (χ0) is 15.9. The minimum Gasteiger partial charge on any atom is -0.345 e. The number of hydrogen-bond acceptors (Lipinski definition) is 6. The fourth-order valence-corrected chi connectivity index (χ4v) is 2.88. The number of rotatable bonds is 5. The molecule has 1 rings (SSSR count). The first-order valence-corrected chi connectivity index (χ1v) is 7.68. The number of nitrogens with one attached hydrogen (secondary N) is 1. The zero-order valence-electron chi connectivity index (χ0n) is 11.3. The number of allylic oxidation sites excluding steroid dienone is 2. The van der Waals surface area contributed by atoms with Crippen molar-refractivity contribution in [2.24, 2.45) is 0 Å². The summed E-state index contributed by atoms with van der Waals surface area (Å²) in [5.41, 5.74) is -0.0886. The molecule has 0 bridgehead atoms. The maximum absolute atomic E-state index is 11.9. The van der Waals surface area contributed by atoms with Crippen LogP contribution in [-0.4, -0.2) is 14.2 Å². The fourth-order valence-electron chi connectivity index (χ4n) is 1.56. The molecule has 21 heavy (non-hydrogen) atoms. The average molecular weight is 300 g/mol. The predicted molar refractivity (Wildman–Crippen MR) is 76.3 cm³/mol. The molecule has 0 heterocycles. The van der Waals surface area contributed by atoms with Gasteiger partial charge in [-0.25, -0.2) is 8.42 Å². The Labute approximate surface area is 123 Å². The first kappa shape index (κ1) is 16.2. The Morgan fingerprint density at radius 1 is 1.10 bits per heavy atom. The summed E-state index contributed by atoms with van der Waals surface area (Å²) in [6.07, 6.45) is 0.525. The standard InChI is InChI=1S/C14H12N4O2S/c1-2-7-21(19,20)13-5-3-12(4-6-13)18-14(10-17)11(8-15)9-16/h3-6,18H,2,7H2,1H3. The van der Waals surface area contributed by atoms with E-state index in [2.05, 4.69) is 5.32 Å². The lowest BCUT2D eigenvalue weighted by Crippen LogP contribution is -2.06. The van der Waals surface area contributed by atoms with Gasteiger partial charge in [0.1, 0.15) is 23.9 Å².